The Hall–Kier alpha value is -1.59. The fourth-order valence-electron chi connectivity index (χ4n) is 3.22. The van der Waals surface area contributed by atoms with Crippen molar-refractivity contribution in [3.05, 3.63) is 30.3 Å². The van der Waals surface area contributed by atoms with E-state index in [1.165, 1.54) is 0 Å². The molecule has 1 aromatic carbocycles. The number of rotatable bonds is 6. The van der Waals surface area contributed by atoms with Gasteiger partial charge in [0.15, 0.2) is 0 Å². The van der Waals surface area contributed by atoms with Gasteiger partial charge in [-0.05, 0) is 37.1 Å². The molecule has 114 valence electrons. The van der Waals surface area contributed by atoms with Gasteiger partial charge in [-0.3, -0.25) is 9.69 Å². The Balaban J connectivity index is 1.30. The predicted octanol–water partition coefficient (Wildman–Crippen LogP) is 0.333. The minimum absolute atomic E-state index is 0.0968. The highest BCUT2D eigenvalue weighted by Crippen LogP contribution is 2.25. The van der Waals surface area contributed by atoms with Crippen molar-refractivity contribution in [1.29, 1.82) is 0 Å². The first-order valence-corrected chi connectivity index (χ1v) is 7.69. The third kappa shape index (κ3) is 3.95. The largest absolute Gasteiger partial charge is 0.492 e. The van der Waals surface area contributed by atoms with Gasteiger partial charge >= 0.3 is 0 Å². The van der Waals surface area contributed by atoms with Crippen molar-refractivity contribution >= 4 is 5.91 Å². The molecule has 0 radical (unpaired) electrons. The van der Waals surface area contributed by atoms with Crippen molar-refractivity contribution < 1.29 is 9.53 Å². The van der Waals surface area contributed by atoms with Gasteiger partial charge in [0.25, 0.3) is 0 Å². The molecule has 2 saturated heterocycles. The maximum atomic E-state index is 11.9. The molecule has 2 aliphatic rings. The third-order valence-corrected chi connectivity index (χ3v) is 4.27. The number of hydrogen-bond acceptors (Lipinski definition) is 4. The molecule has 0 bridgehead atoms. The average Bonchev–Trinajstić information content (AvgIpc) is 3.06. The van der Waals surface area contributed by atoms with Gasteiger partial charge in [0, 0.05) is 13.1 Å². The molecular formula is C16H23N3O2. The molecule has 21 heavy (non-hydrogen) atoms. The van der Waals surface area contributed by atoms with Gasteiger partial charge in [0.2, 0.25) is 5.91 Å². The Kier molecular flexibility index (Phi) is 4.72. The van der Waals surface area contributed by atoms with Crippen LogP contribution in [0.5, 0.6) is 5.75 Å². The maximum absolute atomic E-state index is 11.9. The van der Waals surface area contributed by atoms with Crippen LogP contribution in [0.15, 0.2) is 30.3 Å². The molecule has 2 N–H and O–H groups in total. The molecule has 0 aliphatic carbocycles. The number of hydrogen-bond donors (Lipinski definition) is 2. The van der Waals surface area contributed by atoms with Crippen LogP contribution in [-0.2, 0) is 4.79 Å². The summed E-state index contributed by atoms with van der Waals surface area (Å²) in [6, 6.07) is 9.66. The van der Waals surface area contributed by atoms with Gasteiger partial charge in [0.05, 0.1) is 13.1 Å². The van der Waals surface area contributed by atoms with E-state index in [0.29, 0.717) is 19.7 Å². The number of carbonyl (C=O) groups excluding carboxylic acids is 1. The van der Waals surface area contributed by atoms with E-state index in [9.17, 15) is 4.79 Å². The number of benzene rings is 1. The first kappa shape index (κ1) is 14.4. The highest BCUT2D eigenvalue weighted by Gasteiger charge is 2.36. The highest BCUT2D eigenvalue weighted by atomic mass is 16.5. The molecule has 0 saturated carbocycles. The normalized spacial score (nSPS) is 24.8. The van der Waals surface area contributed by atoms with E-state index >= 15 is 0 Å². The minimum atomic E-state index is 0.0968. The summed E-state index contributed by atoms with van der Waals surface area (Å²) < 4.78 is 5.55. The molecule has 2 unspecified atom stereocenters. The summed E-state index contributed by atoms with van der Waals surface area (Å²) in [6.45, 7) is 5.87. The van der Waals surface area contributed by atoms with Crippen LogP contribution in [0.3, 0.4) is 0 Å². The molecule has 2 heterocycles. The Morgan fingerprint density at radius 2 is 1.95 bits per heavy atom. The molecular weight excluding hydrogens is 266 g/mol. The van der Waals surface area contributed by atoms with Crippen LogP contribution >= 0.6 is 0 Å². The molecule has 0 spiro atoms. The third-order valence-electron chi connectivity index (χ3n) is 4.27. The zero-order valence-corrected chi connectivity index (χ0v) is 12.3. The zero-order chi connectivity index (χ0) is 14.5. The van der Waals surface area contributed by atoms with E-state index in [4.69, 9.17) is 4.74 Å². The van der Waals surface area contributed by atoms with Crippen molar-refractivity contribution in [2.45, 2.75) is 0 Å². The molecule has 3 rings (SSSR count). The molecule has 2 atom stereocenters. The van der Waals surface area contributed by atoms with Gasteiger partial charge in [-0.1, -0.05) is 18.2 Å². The molecule has 5 heteroatoms. The molecule has 2 fully saturated rings. The Morgan fingerprint density at radius 1 is 1.24 bits per heavy atom. The quantitative estimate of drug-likeness (QED) is 0.741. The lowest BCUT2D eigenvalue weighted by molar-refractivity contribution is -0.122. The summed E-state index contributed by atoms with van der Waals surface area (Å²) in [5, 5.41) is 6.34. The fraction of sp³-hybridized carbons (Fsp3) is 0.562. The van der Waals surface area contributed by atoms with E-state index in [-0.39, 0.29) is 5.91 Å². The lowest BCUT2D eigenvalue weighted by atomic mass is 10.0. The first-order chi connectivity index (χ1) is 10.3. The number of carbonyl (C=O) groups is 1. The Labute approximate surface area is 125 Å². The summed E-state index contributed by atoms with van der Waals surface area (Å²) in [5.41, 5.74) is 0. The van der Waals surface area contributed by atoms with E-state index in [0.717, 1.165) is 43.8 Å². The maximum Gasteiger partial charge on any atom is 0.234 e. The molecule has 2 aliphatic heterocycles. The van der Waals surface area contributed by atoms with Crippen LogP contribution in [0.2, 0.25) is 0 Å². The van der Waals surface area contributed by atoms with Crippen molar-refractivity contribution in [1.82, 2.24) is 15.5 Å². The topological polar surface area (TPSA) is 53.6 Å². The summed E-state index contributed by atoms with van der Waals surface area (Å²) >= 11 is 0. The summed E-state index contributed by atoms with van der Waals surface area (Å²) in [6.07, 6.45) is 0. The van der Waals surface area contributed by atoms with E-state index < -0.39 is 0 Å². The highest BCUT2D eigenvalue weighted by molar-refractivity contribution is 5.78. The fourth-order valence-corrected chi connectivity index (χ4v) is 3.22. The molecule has 1 amide bonds. The number of nitrogens with zero attached hydrogens (tertiary/aromatic N) is 1. The predicted molar refractivity (Wildman–Crippen MR) is 81.2 cm³/mol. The monoisotopic (exact) mass is 289 g/mol. The number of likely N-dealkylation sites (tertiary alicyclic amines) is 1. The lowest BCUT2D eigenvalue weighted by Gasteiger charge is -2.16. The summed E-state index contributed by atoms with van der Waals surface area (Å²) in [5.74, 6) is 2.41. The van der Waals surface area contributed by atoms with Crippen LogP contribution in [0, 0.1) is 11.8 Å². The van der Waals surface area contributed by atoms with E-state index in [1.54, 1.807) is 0 Å². The van der Waals surface area contributed by atoms with Crippen molar-refractivity contribution in [3.63, 3.8) is 0 Å². The van der Waals surface area contributed by atoms with E-state index in [1.807, 2.05) is 30.3 Å². The lowest BCUT2D eigenvalue weighted by Crippen LogP contribution is -2.38. The van der Waals surface area contributed by atoms with Crippen molar-refractivity contribution in [2.75, 3.05) is 45.9 Å². The molecule has 0 aromatic heterocycles. The number of ether oxygens (including phenoxy) is 1. The van der Waals surface area contributed by atoms with E-state index in [2.05, 4.69) is 15.5 Å². The second-order valence-electron chi connectivity index (χ2n) is 5.88. The SMILES string of the molecule is O=C(CN1CC2CNCC2C1)NCCOc1ccccc1. The standard InChI is InChI=1S/C16H23N3O2/c20-16(12-19-10-13-8-17-9-14(13)11-19)18-6-7-21-15-4-2-1-3-5-15/h1-5,13-14,17H,6-12H2,(H,18,20). The number of amides is 1. The number of nitrogens with one attached hydrogen (secondary N) is 2. The zero-order valence-electron chi connectivity index (χ0n) is 12.3. The van der Waals surface area contributed by atoms with Crippen LogP contribution in [0.4, 0.5) is 0 Å². The van der Waals surface area contributed by atoms with Crippen LogP contribution in [-0.4, -0.2) is 56.7 Å². The van der Waals surface area contributed by atoms with Crippen LogP contribution in [0.1, 0.15) is 0 Å². The number of para-hydroxylation sites is 1. The average molecular weight is 289 g/mol. The summed E-state index contributed by atoms with van der Waals surface area (Å²) in [4.78, 5) is 14.2. The smallest absolute Gasteiger partial charge is 0.234 e. The second-order valence-corrected chi connectivity index (χ2v) is 5.88. The van der Waals surface area contributed by atoms with Crippen molar-refractivity contribution in [2.24, 2.45) is 11.8 Å². The van der Waals surface area contributed by atoms with Gasteiger partial charge < -0.3 is 15.4 Å². The Bertz CT molecular complexity index is 454. The molecule has 5 nitrogen and oxygen atoms in total. The second kappa shape index (κ2) is 6.91. The van der Waals surface area contributed by atoms with Gasteiger partial charge in [-0.15, -0.1) is 0 Å². The van der Waals surface area contributed by atoms with Gasteiger partial charge in [-0.25, -0.2) is 0 Å². The Morgan fingerprint density at radius 3 is 2.67 bits per heavy atom. The van der Waals surface area contributed by atoms with Crippen molar-refractivity contribution in [3.8, 4) is 5.75 Å². The minimum Gasteiger partial charge on any atom is -0.492 e. The van der Waals surface area contributed by atoms with Gasteiger partial charge in [0.1, 0.15) is 12.4 Å². The first-order valence-electron chi connectivity index (χ1n) is 7.69. The van der Waals surface area contributed by atoms with Crippen LogP contribution < -0.4 is 15.4 Å². The van der Waals surface area contributed by atoms with Crippen LogP contribution in [0.25, 0.3) is 0 Å². The van der Waals surface area contributed by atoms with Gasteiger partial charge in [-0.2, -0.15) is 0 Å². The molecule has 1 aromatic rings. The number of fused-ring (bicyclic) bond motifs is 1. The summed E-state index contributed by atoms with van der Waals surface area (Å²) in [7, 11) is 0.